The highest BCUT2D eigenvalue weighted by atomic mass is 32.1. The Balaban J connectivity index is 1.66. The van der Waals surface area contributed by atoms with E-state index in [2.05, 4.69) is 28.4 Å². The number of thiocarbonyl (C=S) groups is 2. The summed E-state index contributed by atoms with van der Waals surface area (Å²) in [4.78, 5) is 0. The maximum Gasteiger partial charge on any atom is 0.185 e. The Labute approximate surface area is 172 Å². The van der Waals surface area contributed by atoms with Crippen LogP contribution < -0.4 is 31.0 Å². The molecule has 1 saturated carbocycles. The van der Waals surface area contributed by atoms with Crippen LogP contribution >= 0.6 is 24.4 Å². The van der Waals surface area contributed by atoms with Gasteiger partial charge in [-0.3, -0.25) is 10.9 Å². The van der Waals surface area contributed by atoms with Crippen molar-refractivity contribution in [2.45, 2.75) is 45.1 Å². The molecule has 0 heterocycles. The lowest BCUT2D eigenvalue weighted by atomic mass is 9.86. The fraction of sp³-hybridized carbons (Fsp3) is 0.579. The van der Waals surface area contributed by atoms with Gasteiger partial charge in [0.25, 0.3) is 0 Å². The van der Waals surface area contributed by atoms with Crippen LogP contribution in [0.15, 0.2) is 18.2 Å². The van der Waals surface area contributed by atoms with Gasteiger partial charge in [0.1, 0.15) is 0 Å². The standard InChI is InChI=1S/C19H30N4O2S2/c1-13-6-4-5-7-15(13)21-19(27)23-22-18(26)20-11-10-14-8-9-16(24-2)17(12-14)25-3/h8-9,12-13,15H,4-7,10-11H2,1-3H3,(H2,20,22,26)(H2,21,23,27)/t13-,15+/m1/s1. The summed E-state index contributed by atoms with van der Waals surface area (Å²) in [6, 6.07) is 6.33. The first-order chi connectivity index (χ1) is 13.0. The summed E-state index contributed by atoms with van der Waals surface area (Å²) in [7, 11) is 3.26. The lowest BCUT2D eigenvalue weighted by Gasteiger charge is -2.30. The van der Waals surface area contributed by atoms with Crippen molar-refractivity contribution in [2.75, 3.05) is 20.8 Å². The number of benzene rings is 1. The van der Waals surface area contributed by atoms with E-state index in [0.29, 0.717) is 28.7 Å². The van der Waals surface area contributed by atoms with Gasteiger partial charge in [-0.15, -0.1) is 0 Å². The van der Waals surface area contributed by atoms with Gasteiger partial charge >= 0.3 is 0 Å². The smallest absolute Gasteiger partial charge is 0.185 e. The van der Waals surface area contributed by atoms with E-state index in [-0.39, 0.29) is 0 Å². The Morgan fingerprint density at radius 3 is 2.44 bits per heavy atom. The van der Waals surface area contributed by atoms with E-state index in [0.717, 1.165) is 29.9 Å². The molecule has 8 heteroatoms. The third-order valence-electron chi connectivity index (χ3n) is 4.86. The van der Waals surface area contributed by atoms with Gasteiger partial charge in [0, 0.05) is 12.6 Å². The van der Waals surface area contributed by atoms with Crippen LogP contribution in [0.4, 0.5) is 0 Å². The molecule has 0 unspecified atom stereocenters. The minimum atomic E-state index is 0.437. The van der Waals surface area contributed by atoms with Crippen LogP contribution in [-0.4, -0.2) is 37.0 Å². The van der Waals surface area contributed by atoms with E-state index in [9.17, 15) is 0 Å². The molecule has 2 atom stereocenters. The van der Waals surface area contributed by atoms with Crippen LogP contribution in [0.2, 0.25) is 0 Å². The Morgan fingerprint density at radius 2 is 1.74 bits per heavy atom. The minimum Gasteiger partial charge on any atom is -0.493 e. The first-order valence-corrected chi connectivity index (χ1v) is 10.2. The molecule has 0 bridgehead atoms. The molecule has 150 valence electrons. The molecule has 1 aliphatic rings. The highest BCUT2D eigenvalue weighted by Crippen LogP contribution is 2.27. The molecule has 0 amide bonds. The van der Waals surface area contributed by atoms with Crippen LogP contribution in [0.25, 0.3) is 0 Å². The van der Waals surface area contributed by atoms with Gasteiger partial charge in [-0.1, -0.05) is 25.8 Å². The molecule has 27 heavy (non-hydrogen) atoms. The lowest BCUT2D eigenvalue weighted by molar-refractivity contribution is 0.308. The number of hydrogen-bond acceptors (Lipinski definition) is 4. The number of hydrogen-bond donors (Lipinski definition) is 4. The molecule has 0 spiro atoms. The van der Waals surface area contributed by atoms with E-state index in [1.807, 2.05) is 18.2 Å². The monoisotopic (exact) mass is 410 g/mol. The SMILES string of the molecule is COc1ccc(CCNC(=S)NNC(=S)N[C@H]2CCCC[C@H]2C)cc1OC. The number of hydrazine groups is 1. The molecule has 0 radical (unpaired) electrons. The van der Waals surface area contributed by atoms with Crippen molar-refractivity contribution in [3.8, 4) is 11.5 Å². The average Bonchev–Trinajstić information content (AvgIpc) is 2.68. The zero-order chi connectivity index (χ0) is 19.6. The number of methoxy groups -OCH3 is 2. The Hall–Kier alpha value is -1.80. The Bertz CT molecular complexity index is 642. The molecule has 6 nitrogen and oxygen atoms in total. The molecule has 1 fully saturated rings. The summed E-state index contributed by atoms with van der Waals surface area (Å²) in [5.74, 6) is 2.10. The molecule has 0 aliphatic heterocycles. The van der Waals surface area contributed by atoms with Crippen molar-refractivity contribution >= 4 is 34.7 Å². The fourth-order valence-corrected chi connectivity index (χ4v) is 3.60. The molecular formula is C19H30N4O2S2. The molecule has 4 N–H and O–H groups in total. The second kappa shape index (κ2) is 11.1. The largest absolute Gasteiger partial charge is 0.493 e. The summed E-state index contributed by atoms with van der Waals surface area (Å²) >= 11 is 10.6. The molecule has 0 saturated heterocycles. The quantitative estimate of drug-likeness (QED) is 0.422. The van der Waals surface area contributed by atoms with Gasteiger partial charge in [0.2, 0.25) is 0 Å². The predicted octanol–water partition coefficient (Wildman–Crippen LogP) is 2.67. The average molecular weight is 411 g/mol. The van der Waals surface area contributed by atoms with E-state index < -0.39 is 0 Å². The fourth-order valence-electron chi connectivity index (χ4n) is 3.25. The zero-order valence-electron chi connectivity index (χ0n) is 16.3. The van der Waals surface area contributed by atoms with E-state index in [4.69, 9.17) is 33.9 Å². The molecule has 2 rings (SSSR count). The van der Waals surface area contributed by atoms with Gasteiger partial charge < -0.3 is 20.1 Å². The predicted molar refractivity (Wildman–Crippen MR) is 117 cm³/mol. The van der Waals surface area contributed by atoms with Crippen LogP contribution in [0.5, 0.6) is 11.5 Å². The van der Waals surface area contributed by atoms with Gasteiger partial charge in [-0.2, -0.15) is 0 Å². The first kappa shape index (κ1) is 21.5. The van der Waals surface area contributed by atoms with E-state index in [1.165, 1.54) is 19.3 Å². The molecular weight excluding hydrogens is 380 g/mol. The van der Waals surface area contributed by atoms with Crippen molar-refractivity contribution in [3.63, 3.8) is 0 Å². The molecule has 1 aromatic carbocycles. The van der Waals surface area contributed by atoms with Crippen molar-refractivity contribution in [3.05, 3.63) is 23.8 Å². The lowest BCUT2D eigenvalue weighted by Crippen LogP contribution is -2.53. The number of nitrogens with one attached hydrogen (secondary N) is 4. The molecule has 0 aromatic heterocycles. The maximum atomic E-state index is 5.35. The Morgan fingerprint density at radius 1 is 1.04 bits per heavy atom. The molecule has 1 aliphatic carbocycles. The van der Waals surface area contributed by atoms with Crippen LogP contribution in [0.3, 0.4) is 0 Å². The molecule has 1 aromatic rings. The normalized spacial score (nSPS) is 18.9. The van der Waals surface area contributed by atoms with Crippen molar-refractivity contribution in [2.24, 2.45) is 5.92 Å². The summed E-state index contributed by atoms with van der Waals surface area (Å²) in [6.45, 7) is 2.97. The summed E-state index contributed by atoms with van der Waals surface area (Å²) < 4.78 is 10.6. The van der Waals surface area contributed by atoms with Gasteiger partial charge in [0.05, 0.1) is 14.2 Å². The minimum absolute atomic E-state index is 0.437. The van der Waals surface area contributed by atoms with Crippen molar-refractivity contribution in [1.29, 1.82) is 0 Å². The second-order valence-corrected chi connectivity index (χ2v) is 7.60. The summed E-state index contributed by atoms with van der Waals surface area (Å²) in [5, 5.41) is 7.63. The van der Waals surface area contributed by atoms with Crippen molar-refractivity contribution < 1.29 is 9.47 Å². The van der Waals surface area contributed by atoms with Gasteiger partial charge in [-0.25, -0.2) is 0 Å². The van der Waals surface area contributed by atoms with Gasteiger partial charge in [0.15, 0.2) is 21.7 Å². The third kappa shape index (κ3) is 7.03. The number of rotatable bonds is 6. The second-order valence-electron chi connectivity index (χ2n) is 6.79. The van der Waals surface area contributed by atoms with Crippen LogP contribution in [-0.2, 0) is 6.42 Å². The highest BCUT2D eigenvalue weighted by molar-refractivity contribution is 7.80. The van der Waals surface area contributed by atoms with Crippen LogP contribution in [0.1, 0.15) is 38.2 Å². The first-order valence-electron chi connectivity index (χ1n) is 9.34. The van der Waals surface area contributed by atoms with Crippen molar-refractivity contribution in [1.82, 2.24) is 21.5 Å². The highest BCUT2D eigenvalue weighted by Gasteiger charge is 2.21. The number of ether oxygens (including phenoxy) is 2. The van der Waals surface area contributed by atoms with Crippen LogP contribution in [0, 0.1) is 5.92 Å². The van der Waals surface area contributed by atoms with E-state index >= 15 is 0 Å². The Kier molecular flexibility index (Phi) is 8.87. The third-order valence-corrected chi connectivity index (χ3v) is 5.33. The van der Waals surface area contributed by atoms with Gasteiger partial charge in [-0.05, 0) is 67.3 Å². The topological polar surface area (TPSA) is 66.6 Å². The summed E-state index contributed by atoms with van der Waals surface area (Å²) in [5.41, 5.74) is 7.04. The maximum absolute atomic E-state index is 5.35. The summed E-state index contributed by atoms with van der Waals surface area (Å²) in [6.07, 6.45) is 5.80. The zero-order valence-corrected chi connectivity index (χ0v) is 17.9. The van der Waals surface area contributed by atoms with E-state index in [1.54, 1.807) is 14.2 Å².